The number of rotatable bonds is 2. The van der Waals surface area contributed by atoms with Gasteiger partial charge in [-0.15, -0.1) is 0 Å². The molecule has 1 fully saturated rings. The van der Waals surface area contributed by atoms with Gasteiger partial charge in [0.1, 0.15) is 0 Å². The molecule has 0 amide bonds. The first kappa shape index (κ1) is 14.3. The molecule has 6 heteroatoms. The summed E-state index contributed by atoms with van der Waals surface area (Å²) in [5.41, 5.74) is 0.789. The highest BCUT2D eigenvalue weighted by molar-refractivity contribution is 6.61. The van der Waals surface area contributed by atoms with Crippen LogP contribution in [0.4, 0.5) is 0 Å². The first-order valence-corrected chi connectivity index (χ1v) is 7.04. The second-order valence-electron chi connectivity index (χ2n) is 6.32. The summed E-state index contributed by atoms with van der Waals surface area (Å²) < 4.78 is 17.4. The number of hydrogen-bond acceptors (Lipinski definition) is 5. The SMILES string of the molecule is Cc1cc(B2OC(C)(C)C(C)(C)O2)nc(-c2ccco2)n1. The minimum Gasteiger partial charge on any atom is -0.461 e. The second kappa shape index (κ2) is 4.68. The van der Waals surface area contributed by atoms with Gasteiger partial charge in [-0.1, -0.05) is 0 Å². The smallest absolute Gasteiger partial charge is 0.461 e. The molecule has 2 aromatic heterocycles. The summed E-state index contributed by atoms with van der Waals surface area (Å²) in [4.78, 5) is 8.94. The summed E-state index contributed by atoms with van der Waals surface area (Å²) in [6, 6.07) is 5.53. The molecule has 0 N–H and O–H groups in total. The summed E-state index contributed by atoms with van der Waals surface area (Å²) in [5.74, 6) is 1.18. The Kier molecular flexibility index (Phi) is 3.18. The van der Waals surface area contributed by atoms with Gasteiger partial charge in [0.15, 0.2) is 11.6 Å². The Labute approximate surface area is 124 Å². The molecule has 0 spiro atoms. The fourth-order valence-corrected chi connectivity index (χ4v) is 2.19. The molecule has 5 nitrogen and oxygen atoms in total. The van der Waals surface area contributed by atoms with Crippen LogP contribution < -0.4 is 5.59 Å². The Hall–Kier alpha value is -1.66. The van der Waals surface area contributed by atoms with E-state index in [1.54, 1.807) is 6.26 Å². The van der Waals surface area contributed by atoms with E-state index >= 15 is 0 Å². The van der Waals surface area contributed by atoms with Crippen LogP contribution in [0.2, 0.25) is 0 Å². The van der Waals surface area contributed by atoms with E-state index in [2.05, 4.69) is 9.97 Å². The van der Waals surface area contributed by atoms with E-state index in [0.29, 0.717) is 17.2 Å². The number of aryl methyl sites for hydroxylation is 1. The third-order valence-corrected chi connectivity index (χ3v) is 4.11. The monoisotopic (exact) mass is 286 g/mol. The molecule has 1 saturated heterocycles. The molecule has 0 atom stereocenters. The highest BCUT2D eigenvalue weighted by Gasteiger charge is 2.52. The lowest BCUT2D eigenvalue weighted by molar-refractivity contribution is 0.00578. The van der Waals surface area contributed by atoms with E-state index in [0.717, 1.165) is 5.69 Å². The van der Waals surface area contributed by atoms with E-state index in [1.165, 1.54) is 0 Å². The number of furan rings is 1. The molecule has 110 valence electrons. The maximum atomic E-state index is 6.03. The standard InChI is InChI=1S/C15H19BN2O3/c1-10-9-12(16-20-14(2,3)15(4,5)21-16)18-13(17-10)11-7-6-8-19-11/h6-9H,1-5H3. The fraction of sp³-hybridized carbons (Fsp3) is 0.467. The highest BCUT2D eigenvalue weighted by atomic mass is 16.7. The second-order valence-corrected chi connectivity index (χ2v) is 6.32. The van der Waals surface area contributed by atoms with Crippen molar-refractivity contribution < 1.29 is 13.7 Å². The number of aromatic nitrogens is 2. The van der Waals surface area contributed by atoms with Crippen molar-refractivity contribution in [1.82, 2.24) is 9.97 Å². The van der Waals surface area contributed by atoms with Gasteiger partial charge in [-0.25, -0.2) is 9.97 Å². The molecule has 0 radical (unpaired) electrons. The zero-order valence-corrected chi connectivity index (χ0v) is 13.0. The van der Waals surface area contributed by atoms with Gasteiger partial charge in [0.2, 0.25) is 0 Å². The lowest BCUT2D eigenvalue weighted by atomic mass is 9.84. The van der Waals surface area contributed by atoms with Gasteiger partial charge >= 0.3 is 7.12 Å². The lowest BCUT2D eigenvalue weighted by Crippen LogP contribution is -2.41. The van der Waals surface area contributed by atoms with Gasteiger partial charge < -0.3 is 13.7 Å². The summed E-state index contributed by atoms with van der Waals surface area (Å²) in [5, 5.41) is 0. The Morgan fingerprint density at radius 1 is 1.05 bits per heavy atom. The van der Waals surface area contributed by atoms with Gasteiger partial charge in [-0.3, -0.25) is 0 Å². The van der Waals surface area contributed by atoms with Crippen LogP contribution >= 0.6 is 0 Å². The fourth-order valence-electron chi connectivity index (χ4n) is 2.19. The molecule has 0 saturated carbocycles. The molecule has 21 heavy (non-hydrogen) atoms. The van der Waals surface area contributed by atoms with Crippen molar-refractivity contribution >= 4 is 12.7 Å². The Morgan fingerprint density at radius 2 is 1.71 bits per heavy atom. The minimum atomic E-state index is -0.495. The van der Waals surface area contributed by atoms with Crippen molar-refractivity contribution in [2.45, 2.75) is 45.8 Å². The third kappa shape index (κ3) is 2.49. The van der Waals surface area contributed by atoms with Crippen LogP contribution in [0, 0.1) is 6.92 Å². The van der Waals surface area contributed by atoms with Crippen molar-refractivity contribution in [3.8, 4) is 11.6 Å². The summed E-state index contributed by atoms with van der Waals surface area (Å²) >= 11 is 0. The summed E-state index contributed by atoms with van der Waals surface area (Å²) in [7, 11) is -0.495. The Morgan fingerprint density at radius 3 is 2.29 bits per heavy atom. The van der Waals surface area contributed by atoms with Crippen LogP contribution in [0.25, 0.3) is 11.6 Å². The molecular weight excluding hydrogens is 267 g/mol. The van der Waals surface area contributed by atoms with Crippen molar-refractivity contribution in [2.75, 3.05) is 0 Å². The molecule has 0 aliphatic carbocycles. The van der Waals surface area contributed by atoms with Gasteiger partial charge in [0.25, 0.3) is 0 Å². The minimum absolute atomic E-state index is 0.388. The molecular formula is C15H19BN2O3. The third-order valence-electron chi connectivity index (χ3n) is 4.11. The van der Waals surface area contributed by atoms with E-state index in [1.807, 2.05) is 52.8 Å². The molecule has 2 aromatic rings. The van der Waals surface area contributed by atoms with Crippen LogP contribution in [0.3, 0.4) is 0 Å². The maximum Gasteiger partial charge on any atom is 0.514 e. The highest BCUT2D eigenvalue weighted by Crippen LogP contribution is 2.36. The van der Waals surface area contributed by atoms with E-state index < -0.39 is 7.12 Å². The molecule has 0 bridgehead atoms. The van der Waals surface area contributed by atoms with Crippen molar-refractivity contribution in [1.29, 1.82) is 0 Å². The maximum absolute atomic E-state index is 6.03. The van der Waals surface area contributed by atoms with Crippen LogP contribution in [0.15, 0.2) is 28.9 Å². The summed E-state index contributed by atoms with van der Waals surface area (Å²) in [6.45, 7) is 10.0. The van der Waals surface area contributed by atoms with Crippen molar-refractivity contribution in [3.05, 3.63) is 30.2 Å². The predicted molar refractivity (Wildman–Crippen MR) is 80.2 cm³/mol. The van der Waals surface area contributed by atoms with Crippen LogP contribution in [-0.4, -0.2) is 28.3 Å². The van der Waals surface area contributed by atoms with Crippen LogP contribution in [-0.2, 0) is 9.31 Å². The van der Waals surface area contributed by atoms with Crippen LogP contribution in [0.1, 0.15) is 33.4 Å². The van der Waals surface area contributed by atoms with Gasteiger partial charge in [-0.2, -0.15) is 0 Å². The van der Waals surface area contributed by atoms with Gasteiger partial charge in [0, 0.05) is 5.69 Å². The number of nitrogens with zero attached hydrogens (tertiary/aromatic N) is 2. The van der Waals surface area contributed by atoms with E-state index in [4.69, 9.17) is 13.7 Å². The van der Waals surface area contributed by atoms with E-state index in [9.17, 15) is 0 Å². The van der Waals surface area contributed by atoms with Crippen molar-refractivity contribution in [2.24, 2.45) is 0 Å². The average Bonchev–Trinajstić information content (AvgIpc) is 2.96. The van der Waals surface area contributed by atoms with Crippen molar-refractivity contribution in [3.63, 3.8) is 0 Å². The van der Waals surface area contributed by atoms with Gasteiger partial charge in [0.05, 0.1) is 23.1 Å². The van der Waals surface area contributed by atoms with Gasteiger partial charge in [-0.05, 0) is 52.8 Å². The molecule has 1 aliphatic heterocycles. The van der Waals surface area contributed by atoms with Crippen LogP contribution in [0.5, 0.6) is 0 Å². The first-order valence-electron chi connectivity index (χ1n) is 7.04. The topological polar surface area (TPSA) is 57.4 Å². The average molecular weight is 286 g/mol. The Bertz CT molecular complexity index is 637. The first-order chi connectivity index (χ1) is 9.78. The quantitative estimate of drug-likeness (QED) is 0.793. The molecule has 0 aromatic carbocycles. The molecule has 3 heterocycles. The summed E-state index contributed by atoms with van der Waals surface area (Å²) in [6.07, 6.45) is 1.61. The lowest BCUT2D eigenvalue weighted by Gasteiger charge is -2.32. The zero-order chi connectivity index (χ0) is 15.3. The Balaban J connectivity index is 1.97. The predicted octanol–water partition coefficient (Wildman–Crippen LogP) is 2.34. The number of hydrogen-bond donors (Lipinski definition) is 0. The molecule has 1 aliphatic rings. The molecule has 0 unspecified atom stereocenters. The largest absolute Gasteiger partial charge is 0.514 e. The zero-order valence-electron chi connectivity index (χ0n) is 13.0. The molecule has 3 rings (SSSR count). The van der Waals surface area contributed by atoms with E-state index in [-0.39, 0.29) is 11.2 Å². The normalized spacial score (nSPS) is 20.0.